The molecule has 0 aliphatic carbocycles. The predicted molar refractivity (Wildman–Crippen MR) is 85.4 cm³/mol. The van der Waals surface area contributed by atoms with Gasteiger partial charge in [-0.05, 0) is 30.2 Å². The average molecular weight is 310 g/mol. The summed E-state index contributed by atoms with van der Waals surface area (Å²) < 4.78 is 0. The van der Waals surface area contributed by atoms with Crippen molar-refractivity contribution in [2.75, 3.05) is 0 Å². The topological polar surface area (TPSA) is 102 Å². The van der Waals surface area contributed by atoms with Crippen LogP contribution in [-0.4, -0.2) is 19.9 Å². The van der Waals surface area contributed by atoms with Crippen LogP contribution in [0.5, 0.6) is 0 Å². The highest BCUT2D eigenvalue weighted by Gasteiger charge is 2.09. The molecule has 2 aromatic heterocycles. The van der Waals surface area contributed by atoms with Crippen molar-refractivity contribution in [3.05, 3.63) is 74.1 Å². The highest BCUT2D eigenvalue weighted by molar-refractivity contribution is 5.78. The number of aryl methyl sites for hydroxylation is 1. The van der Waals surface area contributed by atoms with Crippen molar-refractivity contribution in [2.45, 2.75) is 19.8 Å². The summed E-state index contributed by atoms with van der Waals surface area (Å²) in [7, 11) is 0. The molecule has 0 saturated heterocycles. The van der Waals surface area contributed by atoms with Crippen molar-refractivity contribution >= 4 is 16.6 Å². The lowest BCUT2D eigenvalue weighted by atomic mass is 10.1. The molecule has 2 heterocycles. The van der Waals surface area contributed by atoms with Gasteiger partial charge in [-0.2, -0.15) is 0 Å². The number of nitro groups is 1. The zero-order chi connectivity index (χ0) is 16.4. The highest BCUT2D eigenvalue weighted by Crippen LogP contribution is 2.13. The van der Waals surface area contributed by atoms with E-state index in [9.17, 15) is 14.9 Å². The van der Waals surface area contributed by atoms with Gasteiger partial charge in [0.1, 0.15) is 12.0 Å². The fraction of sp³-hybridized carbons (Fsp3) is 0.188. The second-order valence-corrected chi connectivity index (χ2v) is 5.16. The quantitative estimate of drug-likeness (QED) is 0.589. The van der Waals surface area contributed by atoms with E-state index in [1.165, 1.54) is 12.3 Å². The van der Waals surface area contributed by atoms with Gasteiger partial charge in [0.05, 0.1) is 15.8 Å². The van der Waals surface area contributed by atoms with Crippen LogP contribution in [0.4, 0.5) is 5.69 Å². The van der Waals surface area contributed by atoms with Crippen molar-refractivity contribution in [1.82, 2.24) is 15.0 Å². The van der Waals surface area contributed by atoms with Gasteiger partial charge in [-0.1, -0.05) is 13.0 Å². The Morgan fingerprint density at radius 1 is 1.26 bits per heavy atom. The molecule has 1 aromatic carbocycles. The Hall–Kier alpha value is -3.09. The fourth-order valence-corrected chi connectivity index (χ4v) is 2.34. The summed E-state index contributed by atoms with van der Waals surface area (Å²) >= 11 is 0. The number of aromatic nitrogens is 3. The first-order chi connectivity index (χ1) is 11.1. The number of H-pyrrole nitrogens is 1. The lowest BCUT2D eigenvalue weighted by Gasteiger charge is -2.04. The van der Waals surface area contributed by atoms with E-state index in [-0.39, 0.29) is 11.2 Å². The SMILES string of the molecule is CCc1ccc2nc(Cc3ccc([N+](=O)[O-])cn3)[nH]c(=O)c2c1. The molecular formula is C16H14N4O3. The summed E-state index contributed by atoms with van der Waals surface area (Å²) in [5.41, 5.74) is 2.05. The van der Waals surface area contributed by atoms with Crippen LogP contribution in [0, 0.1) is 10.1 Å². The minimum atomic E-state index is -0.502. The summed E-state index contributed by atoms with van der Waals surface area (Å²) in [5.74, 6) is 0.480. The van der Waals surface area contributed by atoms with Crippen LogP contribution in [0.2, 0.25) is 0 Å². The molecule has 23 heavy (non-hydrogen) atoms. The molecular weight excluding hydrogens is 296 g/mol. The number of pyridine rings is 1. The predicted octanol–water partition coefficient (Wildman–Crippen LogP) is 2.38. The van der Waals surface area contributed by atoms with E-state index in [0.29, 0.717) is 28.8 Å². The number of hydrogen-bond donors (Lipinski definition) is 1. The van der Waals surface area contributed by atoms with Gasteiger partial charge in [0.15, 0.2) is 0 Å². The summed E-state index contributed by atoms with van der Waals surface area (Å²) in [6.45, 7) is 2.03. The van der Waals surface area contributed by atoms with Crippen molar-refractivity contribution in [3.8, 4) is 0 Å². The van der Waals surface area contributed by atoms with Crippen LogP contribution in [-0.2, 0) is 12.8 Å². The largest absolute Gasteiger partial charge is 0.310 e. The number of nitrogens with one attached hydrogen (secondary N) is 1. The van der Waals surface area contributed by atoms with Crippen molar-refractivity contribution in [2.24, 2.45) is 0 Å². The summed E-state index contributed by atoms with van der Waals surface area (Å²) in [6.07, 6.45) is 2.35. The van der Waals surface area contributed by atoms with Crippen molar-refractivity contribution in [1.29, 1.82) is 0 Å². The Balaban J connectivity index is 1.94. The molecule has 0 amide bonds. The van der Waals surface area contributed by atoms with E-state index >= 15 is 0 Å². The van der Waals surface area contributed by atoms with Gasteiger partial charge in [0.2, 0.25) is 0 Å². The number of rotatable bonds is 4. The molecule has 0 fully saturated rings. The average Bonchev–Trinajstić information content (AvgIpc) is 2.55. The summed E-state index contributed by atoms with van der Waals surface area (Å²) in [6, 6.07) is 8.56. The molecule has 0 saturated carbocycles. The molecule has 7 nitrogen and oxygen atoms in total. The third-order valence-corrected chi connectivity index (χ3v) is 3.60. The lowest BCUT2D eigenvalue weighted by molar-refractivity contribution is -0.385. The van der Waals surface area contributed by atoms with Crippen LogP contribution in [0.1, 0.15) is 24.0 Å². The Bertz CT molecular complexity index is 932. The molecule has 1 N–H and O–H groups in total. The molecule has 0 unspecified atom stereocenters. The van der Waals surface area contributed by atoms with E-state index in [0.717, 1.165) is 12.0 Å². The normalized spacial score (nSPS) is 10.8. The van der Waals surface area contributed by atoms with Gasteiger partial charge in [-0.15, -0.1) is 0 Å². The molecule has 0 radical (unpaired) electrons. The third-order valence-electron chi connectivity index (χ3n) is 3.60. The Kier molecular flexibility index (Phi) is 3.84. The van der Waals surface area contributed by atoms with Crippen LogP contribution < -0.4 is 5.56 Å². The van der Waals surface area contributed by atoms with Gasteiger partial charge in [0, 0.05) is 18.2 Å². The van der Waals surface area contributed by atoms with Crippen LogP contribution in [0.25, 0.3) is 10.9 Å². The lowest BCUT2D eigenvalue weighted by Crippen LogP contribution is -2.13. The summed E-state index contributed by atoms with van der Waals surface area (Å²) in [5, 5.41) is 11.2. The van der Waals surface area contributed by atoms with E-state index in [1.807, 2.05) is 25.1 Å². The minimum Gasteiger partial charge on any atom is -0.310 e. The number of benzene rings is 1. The zero-order valence-electron chi connectivity index (χ0n) is 12.4. The maximum atomic E-state index is 12.2. The molecule has 3 rings (SSSR count). The standard InChI is InChI=1S/C16H14N4O3/c1-2-10-3-6-14-13(7-10)16(21)19-15(18-14)8-11-4-5-12(9-17-11)20(22)23/h3-7,9H,2,8H2,1H3,(H,18,19,21). The molecule has 0 aliphatic rings. The molecule has 0 bridgehead atoms. The van der Waals surface area contributed by atoms with E-state index in [2.05, 4.69) is 15.0 Å². The first kappa shape index (κ1) is 14.8. The first-order valence-corrected chi connectivity index (χ1v) is 7.18. The fourth-order valence-electron chi connectivity index (χ4n) is 2.34. The van der Waals surface area contributed by atoms with Crippen LogP contribution in [0.3, 0.4) is 0 Å². The number of nitrogens with zero attached hydrogens (tertiary/aromatic N) is 3. The third kappa shape index (κ3) is 3.08. The van der Waals surface area contributed by atoms with Crippen LogP contribution in [0.15, 0.2) is 41.3 Å². The highest BCUT2D eigenvalue weighted by atomic mass is 16.6. The number of aromatic amines is 1. The second-order valence-electron chi connectivity index (χ2n) is 5.16. The molecule has 3 aromatic rings. The van der Waals surface area contributed by atoms with Crippen LogP contribution >= 0.6 is 0 Å². The minimum absolute atomic E-state index is 0.0687. The van der Waals surface area contributed by atoms with E-state index in [4.69, 9.17) is 0 Å². The molecule has 7 heteroatoms. The monoisotopic (exact) mass is 310 g/mol. The second kappa shape index (κ2) is 5.96. The molecule has 0 spiro atoms. The van der Waals surface area contributed by atoms with Gasteiger partial charge < -0.3 is 4.98 Å². The first-order valence-electron chi connectivity index (χ1n) is 7.18. The van der Waals surface area contributed by atoms with E-state index in [1.54, 1.807) is 6.07 Å². The number of hydrogen-bond acceptors (Lipinski definition) is 5. The smallest absolute Gasteiger partial charge is 0.287 e. The van der Waals surface area contributed by atoms with Gasteiger partial charge in [0.25, 0.3) is 11.2 Å². The molecule has 0 aliphatic heterocycles. The van der Waals surface area contributed by atoms with Gasteiger partial charge >= 0.3 is 0 Å². The maximum Gasteiger partial charge on any atom is 0.287 e. The zero-order valence-corrected chi connectivity index (χ0v) is 12.4. The molecule has 116 valence electrons. The van der Waals surface area contributed by atoms with Gasteiger partial charge in [-0.25, -0.2) is 4.98 Å². The summed E-state index contributed by atoms with van der Waals surface area (Å²) in [4.78, 5) is 33.5. The maximum absolute atomic E-state index is 12.2. The number of fused-ring (bicyclic) bond motifs is 1. The Morgan fingerprint density at radius 3 is 2.74 bits per heavy atom. The Labute approximate surface area is 131 Å². The molecule has 0 atom stereocenters. The van der Waals surface area contributed by atoms with Crippen molar-refractivity contribution < 1.29 is 4.92 Å². The van der Waals surface area contributed by atoms with Gasteiger partial charge in [-0.3, -0.25) is 19.9 Å². The van der Waals surface area contributed by atoms with E-state index < -0.39 is 4.92 Å². The Morgan fingerprint density at radius 2 is 2.09 bits per heavy atom. The van der Waals surface area contributed by atoms with Crippen molar-refractivity contribution in [3.63, 3.8) is 0 Å².